The Hall–Kier alpha value is -3.40. The van der Waals surface area contributed by atoms with Crippen LogP contribution in [0.2, 0.25) is 0 Å². The minimum atomic E-state index is -0.461. The maximum atomic E-state index is 12.7. The largest absolute Gasteiger partial charge is 0.497 e. The molecule has 0 radical (unpaired) electrons. The molecule has 2 aliphatic carbocycles. The summed E-state index contributed by atoms with van der Waals surface area (Å²) in [6.45, 7) is 0. The summed E-state index contributed by atoms with van der Waals surface area (Å²) < 4.78 is 10.0. The van der Waals surface area contributed by atoms with Crippen molar-refractivity contribution in [2.75, 3.05) is 14.2 Å². The summed E-state index contributed by atoms with van der Waals surface area (Å²) in [5.74, 6) is 0.0783. The first kappa shape index (κ1) is 17.4. The normalized spacial score (nSPS) is 10.8. The van der Waals surface area contributed by atoms with E-state index in [0.29, 0.717) is 16.7 Å². The first-order chi connectivity index (χ1) is 12.6. The van der Waals surface area contributed by atoms with Crippen LogP contribution in [-0.4, -0.2) is 26.0 Å². The highest BCUT2D eigenvalue weighted by atomic mass is 16.5. The van der Waals surface area contributed by atoms with Crippen LogP contribution in [0.25, 0.3) is 17.2 Å². The van der Waals surface area contributed by atoms with E-state index in [-0.39, 0.29) is 5.78 Å². The molecule has 26 heavy (non-hydrogen) atoms. The second kappa shape index (κ2) is 7.66. The molecule has 130 valence electrons. The molecule has 0 bridgehead atoms. The van der Waals surface area contributed by atoms with Gasteiger partial charge in [0.05, 0.1) is 19.8 Å². The highest BCUT2D eigenvalue weighted by molar-refractivity contribution is 6.15. The Morgan fingerprint density at radius 2 is 1.58 bits per heavy atom. The van der Waals surface area contributed by atoms with E-state index in [0.717, 1.165) is 16.9 Å². The Balaban J connectivity index is 1.98. The number of esters is 1. The Bertz CT molecular complexity index is 956. The number of methoxy groups -OCH3 is 2. The summed E-state index contributed by atoms with van der Waals surface area (Å²) in [4.78, 5) is 24.8. The molecule has 2 aliphatic rings. The minimum absolute atomic E-state index is 0.181. The molecular weight excluding hydrogens is 328 g/mol. The first-order valence-corrected chi connectivity index (χ1v) is 8.10. The van der Waals surface area contributed by atoms with E-state index in [1.807, 2.05) is 54.6 Å². The Morgan fingerprint density at radius 3 is 2.27 bits per heavy atom. The van der Waals surface area contributed by atoms with Crippen molar-refractivity contribution in [1.29, 1.82) is 0 Å². The van der Waals surface area contributed by atoms with Gasteiger partial charge in [-0.05, 0) is 41.0 Å². The van der Waals surface area contributed by atoms with E-state index in [9.17, 15) is 9.59 Å². The average Bonchev–Trinajstić information content (AvgIpc) is 2.86. The van der Waals surface area contributed by atoms with Crippen LogP contribution in [0.4, 0.5) is 0 Å². The number of rotatable bonds is 5. The molecule has 4 nitrogen and oxygen atoms in total. The Labute approximate surface area is 152 Å². The molecule has 0 heterocycles. The topological polar surface area (TPSA) is 52.6 Å². The van der Waals surface area contributed by atoms with Gasteiger partial charge in [0.2, 0.25) is 0 Å². The molecule has 0 spiro atoms. The van der Waals surface area contributed by atoms with Gasteiger partial charge < -0.3 is 9.47 Å². The van der Waals surface area contributed by atoms with Gasteiger partial charge >= 0.3 is 5.97 Å². The third kappa shape index (κ3) is 3.49. The summed E-state index contributed by atoms with van der Waals surface area (Å²) in [5.41, 5.74) is 3.12. The van der Waals surface area contributed by atoms with E-state index in [1.165, 1.54) is 13.2 Å². The molecule has 0 atom stereocenters. The summed E-state index contributed by atoms with van der Waals surface area (Å²) in [6.07, 6.45) is 3.22. The van der Waals surface area contributed by atoms with Crippen LogP contribution in [0.3, 0.4) is 0 Å². The van der Waals surface area contributed by atoms with E-state index in [1.54, 1.807) is 19.3 Å². The maximum absolute atomic E-state index is 12.7. The number of hydrogen-bond acceptors (Lipinski definition) is 4. The van der Waals surface area contributed by atoms with E-state index in [2.05, 4.69) is 0 Å². The molecule has 0 fully saturated rings. The zero-order valence-electron chi connectivity index (χ0n) is 14.6. The summed E-state index contributed by atoms with van der Waals surface area (Å²) >= 11 is 0. The van der Waals surface area contributed by atoms with Gasteiger partial charge in [-0.2, -0.15) is 0 Å². The van der Waals surface area contributed by atoms with Crippen LogP contribution in [0.1, 0.15) is 26.3 Å². The highest BCUT2D eigenvalue weighted by Crippen LogP contribution is 2.33. The molecule has 4 heteroatoms. The zero-order chi connectivity index (χ0) is 18.5. The number of fused-ring (bicyclic) bond motifs is 1. The molecule has 0 saturated heterocycles. The predicted octanol–water partition coefficient (Wildman–Crippen LogP) is 4.48. The second-order valence-electron chi connectivity index (χ2n) is 5.68. The lowest BCUT2D eigenvalue weighted by Gasteiger charge is -2.00. The van der Waals surface area contributed by atoms with E-state index < -0.39 is 5.97 Å². The van der Waals surface area contributed by atoms with Crippen molar-refractivity contribution in [1.82, 2.24) is 0 Å². The predicted molar refractivity (Wildman–Crippen MR) is 101 cm³/mol. The fourth-order valence-electron chi connectivity index (χ4n) is 2.81. The van der Waals surface area contributed by atoms with Crippen LogP contribution in [-0.2, 0) is 4.74 Å². The van der Waals surface area contributed by atoms with Gasteiger partial charge in [-0.25, -0.2) is 4.79 Å². The summed E-state index contributed by atoms with van der Waals surface area (Å²) in [7, 11) is 2.92. The molecule has 1 aromatic carbocycles. The van der Waals surface area contributed by atoms with Crippen LogP contribution in [0.5, 0.6) is 5.75 Å². The smallest absolute Gasteiger partial charge is 0.338 e. The summed E-state index contributed by atoms with van der Waals surface area (Å²) in [5, 5.41) is 0. The minimum Gasteiger partial charge on any atom is -0.497 e. The third-order valence-electron chi connectivity index (χ3n) is 4.10. The van der Waals surface area contributed by atoms with E-state index in [4.69, 9.17) is 9.47 Å². The number of hydrogen-bond donors (Lipinski definition) is 0. The van der Waals surface area contributed by atoms with Crippen LogP contribution in [0.15, 0.2) is 66.7 Å². The molecular formula is C22H18O4. The van der Waals surface area contributed by atoms with Crippen molar-refractivity contribution in [3.8, 4) is 16.9 Å². The molecule has 0 N–H and O–H groups in total. The quantitative estimate of drug-likeness (QED) is 0.388. The van der Waals surface area contributed by atoms with Crippen molar-refractivity contribution < 1.29 is 19.1 Å². The number of ether oxygens (including phenoxy) is 2. The number of allylic oxidation sites excluding steroid dienone is 1. The van der Waals surface area contributed by atoms with Crippen molar-refractivity contribution in [3.05, 3.63) is 83.4 Å². The number of ketones is 1. The lowest BCUT2D eigenvalue weighted by Crippen LogP contribution is -2.00. The van der Waals surface area contributed by atoms with Crippen LogP contribution >= 0.6 is 0 Å². The monoisotopic (exact) mass is 346 g/mol. The Morgan fingerprint density at radius 1 is 0.846 bits per heavy atom. The SMILES string of the molecule is COC(=O)c1cc(C(=O)/C=C/c2cccc(OC)c2)c2cccccc1-2. The molecule has 1 aromatic rings. The van der Waals surface area contributed by atoms with Crippen molar-refractivity contribution in [3.63, 3.8) is 0 Å². The standard InChI is InChI=1S/C22H18O4/c1-25-16-8-6-7-15(13-16)11-12-21(23)19-14-20(22(24)26-2)18-10-5-3-4-9-17(18)19/h3-14H,1-2H3/b12-11+. The van der Waals surface area contributed by atoms with Crippen molar-refractivity contribution >= 4 is 17.8 Å². The number of carbonyl (C=O) groups is 2. The number of benzene rings is 1. The maximum Gasteiger partial charge on any atom is 0.338 e. The van der Waals surface area contributed by atoms with Crippen LogP contribution in [0, 0.1) is 0 Å². The lowest BCUT2D eigenvalue weighted by atomic mass is 10.0. The zero-order valence-corrected chi connectivity index (χ0v) is 14.6. The van der Waals surface area contributed by atoms with Gasteiger partial charge in [-0.1, -0.05) is 48.5 Å². The van der Waals surface area contributed by atoms with Gasteiger partial charge in [-0.3, -0.25) is 4.79 Å². The van der Waals surface area contributed by atoms with Gasteiger partial charge in [0.1, 0.15) is 5.75 Å². The third-order valence-corrected chi connectivity index (χ3v) is 4.10. The highest BCUT2D eigenvalue weighted by Gasteiger charge is 2.22. The first-order valence-electron chi connectivity index (χ1n) is 8.10. The van der Waals surface area contributed by atoms with Gasteiger partial charge in [0, 0.05) is 5.56 Å². The van der Waals surface area contributed by atoms with Gasteiger partial charge in [-0.15, -0.1) is 0 Å². The molecule has 0 aliphatic heterocycles. The average molecular weight is 346 g/mol. The Kier molecular flexibility index (Phi) is 5.13. The van der Waals surface area contributed by atoms with Gasteiger partial charge in [0.15, 0.2) is 5.78 Å². The molecule has 0 aromatic heterocycles. The molecule has 3 rings (SSSR count). The molecule has 0 unspecified atom stereocenters. The van der Waals surface area contributed by atoms with Crippen molar-refractivity contribution in [2.24, 2.45) is 0 Å². The van der Waals surface area contributed by atoms with Crippen LogP contribution < -0.4 is 4.74 Å². The number of carbonyl (C=O) groups excluding carboxylic acids is 2. The van der Waals surface area contributed by atoms with Gasteiger partial charge in [0.25, 0.3) is 0 Å². The summed E-state index contributed by atoms with van der Waals surface area (Å²) in [6, 6.07) is 18.2. The fourth-order valence-corrected chi connectivity index (χ4v) is 2.81. The second-order valence-corrected chi connectivity index (χ2v) is 5.68. The van der Waals surface area contributed by atoms with Crippen molar-refractivity contribution in [2.45, 2.75) is 0 Å². The lowest BCUT2D eigenvalue weighted by molar-refractivity contribution is 0.0602. The molecule has 0 amide bonds. The van der Waals surface area contributed by atoms with E-state index >= 15 is 0 Å². The molecule has 0 saturated carbocycles. The fraction of sp³-hybridized carbons (Fsp3) is 0.0909.